The minimum absolute atomic E-state index is 0.746. The van der Waals surface area contributed by atoms with Gasteiger partial charge in [-0.05, 0) is 47.8 Å². The summed E-state index contributed by atoms with van der Waals surface area (Å²) in [6.07, 6.45) is 4.46. The van der Waals surface area contributed by atoms with E-state index in [1.807, 2.05) is 19.2 Å². The first kappa shape index (κ1) is 13.9. The molecular formula is C14H17BrN4. The predicted molar refractivity (Wildman–Crippen MR) is 81.2 cm³/mol. The van der Waals surface area contributed by atoms with Gasteiger partial charge in [-0.15, -0.1) is 0 Å². The fourth-order valence-electron chi connectivity index (χ4n) is 1.86. The molecule has 2 heterocycles. The highest BCUT2D eigenvalue weighted by molar-refractivity contribution is 9.10. The topological polar surface area (TPSA) is 50.7 Å². The molecule has 19 heavy (non-hydrogen) atoms. The zero-order valence-corrected chi connectivity index (χ0v) is 13.0. The molecule has 0 fully saturated rings. The van der Waals surface area contributed by atoms with E-state index in [-0.39, 0.29) is 0 Å². The Morgan fingerprint density at radius 3 is 2.68 bits per heavy atom. The molecule has 0 aliphatic heterocycles. The third kappa shape index (κ3) is 2.92. The highest BCUT2D eigenvalue weighted by atomic mass is 79.9. The minimum Gasteiger partial charge on any atom is -0.369 e. The molecule has 4 nitrogen and oxygen atoms in total. The van der Waals surface area contributed by atoms with E-state index in [9.17, 15) is 0 Å². The number of aryl methyl sites for hydroxylation is 2. The maximum Gasteiger partial charge on any atom is 0.162 e. The lowest BCUT2D eigenvalue weighted by Gasteiger charge is -2.12. The van der Waals surface area contributed by atoms with Gasteiger partial charge in [0, 0.05) is 24.5 Å². The maximum absolute atomic E-state index is 4.64. The van der Waals surface area contributed by atoms with Gasteiger partial charge in [0.25, 0.3) is 0 Å². The van der Waals surface area contributed by atoms with Crippen LogP contribution < -0.4 is 5.32 Å². The van der Waals surface area contributed by atoms with Gasteiger partial charge in [-0.3, -0.25) is 4.98 Å². The SMILES string of the molecule is CCNc1nc(-c2ccncc2C)nc(CC)c1Br. The quantitative estimate of drug-likeness (QED) is 0.935. The number of nitrogens with zero attached hydrogens (tertiary/aromatic N) is 3. The van der Waals surface area contributed by atoms with Crippen molar-refractivity contribution < 1.29 is 0 Å². The predicted octanol–water partition coefficient (Wildman–Crippen LogP) is 3.60. The fourth-order valence-corrected chi connectivity index (χ4v) is 2.46. The van der Waals surface area contributed by atoms with Crippen LogP contribution in [0.15, 0.2) is 22.9 Å². The number of pyridine rings is 1. The van der Waals surface area contributed by atoms with Crippen molar-refractivity contribution in [2.45, 2.75) is 27.2 Å². The smallest absolute Gasteiger partial charge is 0.162 e. The van der Waals surface area contributed by atoms with Crippen LogP contribution >= 0.6 is 15.9 Å². The summed E-state index contributed by atoms with van der Waals surface area (Å²) >= 11 is 3.57. The van der Waals surface area contributed by atoms with Gasteiger partial charge < -0.3 is 5.32 Å². The molecule has 2 aromatic heterocycles. The lowest BCUT2D eigenvalue weighted by Crippen LogP contribution is -2.06. The summed E-state index contributed by atoms with van der Waals surface area (Å²) in [5.41, 5.74) is 3.11. The Hall–Kier alpha value is -1.49. The van der Waals surface area contributed by atoms with Crippen molar-refractivity contribution in [3.05, 3.63) is 34.2 Å². The summed E-state index contributed by atoms with van der Waals surface area (Å²) in [6.45, 7) is 6.99. The Balaban J connectivity index is 2.58. The van der Waals surface area contributed by atoms with Crippen LogP contribution in [0.4, 0.5) is 5.82 Å². The molecule has 0 atom stereocenters. The van der Waals surface area contributed by atoms with Crippen molar-refractivity contribution in [2.24, 2.45) is 0 Å². The molecular weight excluding hydrogens is 304 g/mol. The number of rotatable bonds is 4. The van der Waals surface area contributed by atoms with Crippen LogP contribution in [0.5, 0.6) is 0 Å². The second-order valence-corrected chi connectivity index (χ2v) is 5.02. The summed E-state index contributed by atoms with van der Waals surface area (Å²) < 4.78 is 0.951. The van der Waals surface area contributed by atoms with E-state index >= 15 is 0 Å². The molecule has 2 rings (SSSR count). The lowest BCUT2D eigenvalue weighted by atomic mass is 10.1. The van der Waals surface area contributed by atoms with Crippen LogP contribution in [0.3, 0.4) is 0 Å². The zero-order chi connectivity index (χ0) is 13.8. The summed E-state index contributed by atoms with van der Waals surface area (Å²) in [5, 5.41) is 3.27. The van der Waals surface area contributed by atoms with E-state index in [1.165, 1.54) is 0 Å². The first-order chi connectivity index (χ1) is 9.17. The first-order valence-electron chi connectivity index (χ1n) is 6.38. The van der Waals surface area contributed by atoms with Crippen LogP contribution in [0.25, 0.3) is 11.4 Å². The van der Waals surface area contributed by atoms with Gasteiger partial charge in [-0.25, -0.2) is 9.97 Å². The van der Waals surface area contributed by atoms with Gasteiger partial charge in [-0.1, -0.05) is 6.92 Å². The highest BCUT2D eigenvalue weighted by Crippen LogP contribution is 2.28. The minimum atomic E-state index is 0.746. The van der Waals surface area contributed by atoms with Crippen LogP contribution in [0.2, 0.25) is 0 Å². The molecule has 0 saturated heterocycles. The van der Waals surface area contributed by atoms with Crippen LogP contribution in [-0.4, -0.2) is 21.5 Å². The summed E-state index contributed by atoms with van der Waals surface area (Å²) in [6, 6.07) is 1.95. The molecule has 0 aromatic carbocycles. The van der Waals surface area contributed by atoms with Gasteiger partial charge in [0.1, 0.15) is 5.82 Å². The Labute approximate surface area is 121 Å². The van der Waals surface area contributed by atoms with Crippen molar-refractivity contribution in [3.8, 4) is 11.4 Å². The number of halogens is 1. The molecule has 0 bridgehead atoms. The number of aromatic nitrogens is 3. The standard InChI is InChI=1S/C14H17BrN4/c1-4-11-12(15)14(17-5-2)19-13(18-11)10-6-7-16-8-9(10)3/h6-8H,4-5H2,1-3H3,(H,17,18,19). The molecule has 0 saturated carbocycles. The third-order valence-corrected chi connectivity index (χ3v) is 3.69. The van der Waals surface area contributed by atoms with Gasteiger partial charge in [0.15, 0.2) is 5.82 Å². The van der Waals surface area contributed by atoms with Gasteiger partial charge >= 0.3 is 0 Å². The van der Waals surface area contributed by atoms with Crippen molar-refractivity contribution in [1.29, 1.82) is 0 Å². The average molecular weight is 321 g/mol. The van der Waals surface area contributed by atoms with Crippen molar-refractivity contribution >= 4 is 21.7 Å². The molecule has 0 unspecified atom stereocenters. The molecule has 2 aromatic rings. The normalized spacial score (nSPS) is 10.5. The van der Waals surface area contributed by atoms with E-state index in [4.69, 9.17) is 0 Å². The first-order valence-corrected chi connectivity index (χ1v) is 7.17. The molecule has 0 aliphatic carbocycles. The van der Waals surface area contributed by atoms with Crippen LogP contribution in [-0.2, 0) is 6.42 Å². The Morgan fingerprint density at radius 1 is 1.26 bits per heavy atom. The molecule has 0 spiro atoms. The van der Waals surface area contributed by atoms with Gasteiger partial charge in [-0.2, -0.15) is 0 Å². The lowest BCUT2D eigenvalue weighted by molar-refractivity contribution is 0.982. The molecule has 1 N–H and O–H groups in total. The molecule has 0 amide bonds. The van der Waals surface area contributed by atoms with Crippen molar-refractivity contribution in [3.63, 3.8) is 0 Å². The van der Waals surface area contributed by atoms with Gasteiger partial charge in [0.2, 0.25) is 0 Å². The van der Waals surface area contributed by atoms with Crippen LogP contribution in [0, 0.1) is 6.92 Å². The molecule has 100 valence electrons. The Kier molecular flexibility index (Phi) is 4.47. The molecule has 0 radical (unpaired) electrons. The number of hydrogen-bond donors (Lipinski definition) is 1. The summed E-state index contributed by atoms with van der Waals surface area (Å²) in [4.78, 5) is 13.4. The van der Waals surface area contributed by atoms with E-state index in [0.29, 0.717) is 0 Å². The second kappa shape index (κ2) is 6.10. The third-order valence-electron chi connectivity index (χ3n) is 2.86. The Bertz CT molecular complexity index is 584. The number of anilines is 1. The van der Waals surface area contributed by atoms with Crippen LogP contribution in [0.1, 0.15) is 25.1 Å². The summed E-state index contributed by atoms with van der Waals surface area (Å²) in [7, 11) is 0. The van der Waals surface area contributed by atoms with Gasteiger partial charge in [0.05, 0.1) is 10.2 Å². The van der Waals surface area contributed by atoms with Crippen molar-refractivity contribution in [2.75, 3.05) is 11.9 Å². The maximum atomic E-state index is 4.64. The molecule has 0 aliphatic rings. The number of nitrogens with one attached hydrogen (secondary N) is 1. The zero-order valence-electron chi connectivity index (χ0n) is 11.4. The molecule has 5 heteroatoms. The largest absolute Gasteiger partial charge is 0.369 e. The van der Waals surface area contributed by atoms with E-state index in [2.05, 4.69) is 50.0 Å². The summed E-state index contributed by atoms with van der Waals surface area (Å²) in [5.74, 6) is 1.59. The monoisotopic (exact) mass is 320 g/mol. The Morgan fingerprint density at radius 2 is 2.05 bits per heavy atom. The van der Waals surface area contributed by atoms with E-state index in [1.54, 1.807) is 6.20 Å². The fraction of sp³-hybridized carbons (Fsp3) is 0.357. The second-order valence-electron chi connectivity index (χ2n) is 4.23. The van der Waals surface area contributed by atoms with E-state index < -0.39 is 0 Å². The van der Waals surface area contributed by atoms with E-state index in [0.717, 1.165) is 45.9 Å². The number of hydrogen-bond acceptors (Lipinski definition) is 4. The average Bonchev–Trinajstić information content (AvgIpc) is 2.42. The highest BCUT2D eigenvalue weighted by Gasteiger charge is 2.13. The van der Waals surface area contributed by atoms with Crippen molar-refractivity contribution in [1.82, 2.24) is 15.0 Å².